The number of benzene rings is 3. The van der Waals surface area contributed by atoms with E-state index in [2.05, 4.69) is 5.10 Å². The van der Waals surface area contributed by atoms with Crippen molar-refractivity contribution < 1.29 is 23.7 Å². The standard InChI is InChI=1S/C26H24N2O6/c1-17-6-5-7-18(16-17)28-26(29)24(34-22-14-10-20(31-3)11-15-22)23(25(27-28)32-4)33-21-12-8-19(30-2)9-13-21/h5-16H,1-4H3. The van der Waals surface area contributed by atoms with E-state index >= 15 is 0 Å². The Balaban J connectivity index is 1.86. The highest BCUT2D eigenvalue weighted by Crippen LogP contribution is 2.39. The Morgan fingerprint density at radius 1 is 0.676 bits per heavy atom. The minimum atomic E-state index is -0.509. The van der Waals surface area contributed by atoms with Crippen molar-refractivity contribution in [2.45, 2.75) is 6.92 Å². The lowest BCUT2D eigenvalue weighted by molar-refractivity contribution is 0.334. The summed E-state index contributed by atoms with van der Waals surface area (Å²) in [5.74, 6) is 2.26. The summed E-state index contributed by atoms with van der Waals surface area (Å²) in [6.07, 6.45) is 0. The molecule has 0 aliphatic heterocycles. The predicted molar refractivity (Wildman–Crippen MR) is 127 cm³/mol. The summed E-state index contributed by atoms with van der Waals surface area (Å²) in [5, 5.41) is 4.39. The maximum atomic E-state index is 13.6. The average Bonchev–Trinajstić information content (AvgIpc) is 2.87. The van der Waals surface area contributed by atoms with Crippen molar-refractivity contribution in [2.24, 2.45) is 0 Å². The molecule has 0 saturated heterocycles. The molecule has 4 rings (SSSR count). The van der Waals surface area contributed by atoms with Crippen LogP contribution in [0.5, 0.6) is 40.4 Å². The summed E-state index contributed by atoms with van der Waals surface area (Å²) in [6, 6.07) is 21.2. The summed E-state index contributed by atoms with van der Waals surface area (Å²) >= 11 is 0. The zero-order valence-electron chi connectivity index (χ0n) is 19.3. The molecule has 0 aliphatic rings. The fourth-order valence-corrected chi connectivity index (χ4v) is 3.24. The van der Waals surface area contributed by atoms with E-state index in [0.717, 1.165) is 5.56 Å². The van der Waals surface area contributed by atoms with E-state index in [9.17, 15) is 4.79 Å². The van der Waals surface area contributed by atoms with Gasteiger partial charge >= 0.3 is 5.56 Å². The van der Waals surface area contributed by atoms with Crippen molar-refractivity contribution >= 4 is 0 Å². The van der Waals surface area contributed by atoms with E-state index in [1.165, 1.54) is 11.8 Å². The van der Waals surface area contributed by atoms with Gasteiger partial charge in [-0.3, -0.25) is 4.79 Å². The molecule has 0 saturated carbocycles. The zero-order valence-corrected chi connectivity index (χ0v) is 19.3. The molecule has 0 atom stereocenters. The third-order valence-corrected chi connectivity index (χ3v) is 4.98. The van der Waals surface area contributed by atoms with Crippen LogP contribution in [0.4, 0.5) is 0 Å². The normalized spacial score (nSPS) is 10.5. The number of aromatic nitrogens is 2. The highest BCUT2D eigenvalue weighted by molar-refractivity contribution is 5.52. The Morgan fingerprint density at radius 3 is 1.71 bits per heavy atom. The molecule has 8 nitrogen and oxygen atoms in total. The third-order valence-electron chi connectivity index (χ3n) is 4.98. The summed E-state index contributed by atoms with van der Waals surface area (Å²) in [5.41, 5.74) is 1.03. The van der Waals surface area contributed by atoms with Crippen LogP contribution in [0.2, 0.25) is 0 Å². The third kappa shape index (κ3) is 4.80. The van der Waals surface area contributed by atoms with E-state index in [1.54, 1.807) is 68.8 Å². The Labute approximate surface area is 196 Å². The van der Waals surface area contributed by atoms with Crippen molar-refractivity contribution in [2.75, 3.05) is 21.3 Å². The van der Waals surface area contributed by atoms with Gasteiger partial charge in [-0.1, -0.05) is 12.1 Å². The molecule has 8 heteroatoms. The number of ether oxygens (including phenoxy) is 5. The van der Waals surface area contributed by atoms with Crippen molar-refractivity contribution in [3.63, 3.8) is 0 Å². The van der Waals surface area contributed by atoms with Crippen LogP contribution in [-0.2, 0) is 0 Å². The number of methoxy groups -OCH3 is 3. The van der Waals surface area contributed by atoms with Crippen LogP contribution in [0.1, 0.15) is 5.56 Å². The number of aryl methyl sites for hydroxylation is 1. The fraction of sp³-hybridized carbons (Fsp3) is 0.154. The fourth-order valence-electron chi connectivity index (χ4n) is 3.24. The van der Waals surface area contributed by atoms with Crippen molar-refractivity contribution in [3.05, 3.63) is 88.7 Å². The molecule has 1 heterocycles. The SMILES string of the molecule is COc1ccc(Oc2c(OC)nn(-c3cccc(C)c3)c(=O)c2Oc2ccc(OC)cc2)cc1. The molecule has 0 radical (unpaired) electrons. The van der Waals surface area contributed by atoms with E-state index < -0.39 is 5.56 Å². The van der Waals surface area contributed by atoms with E-state index in [1.807, 2.05) is 25.1 Å². The number of nitrogens with zero attached hydrogens (tertiary/aromatic N) is 2. The molecule has 0 spiro atoms. The number of hydrogen-bond acceptors (Lipinski definition) is 7. The van der Waals surface area contributed by atoms with Gasteiger partial charge in [0.25, 0.3) is 5.88 Å². The molecule has 0 N–H and O–H groups in total. The van der Waals surface area contributed by atoms with Crippen LogP contribution in [0, 0.1) is 6.92 Å². The molecule has 174 valence electrons. The lowest BCUT2D eigenvalue weighted by Gasteiger charge is -2.17. The van der Waals surface area contributed by atoms with Gasteiger partial charge in [-0.15, -0.1) is 5.10 Å². The summed E-state index contributed by atoms with van der Waals surface area (Å²) in [6.45, 7) is 1.93. The molecule has 0 aliphatic carbocycles. The minimum Gasteiger partial charge on any atom is -0.497 e. The molecular weight excluding hydrogens is 436 g/mol. The molecule has 0 fully saturated rings. The summed E-state index contributed by atoms with van der Waals surface area (Å²) < 4.78 is 29.2. The van der Waals surface area contributed by atoms with Gasteiger partial charge in [-0.05, 0) is 73.2 Å². The average molecular weight is 460 g/mol. The molecule has 0 amide bonds. The molecule has 1 aromatic heterocycles. The first kappa shape index (κ1) is 22.7. The predicted octanol–water partition coefficient (Wildman–Crippen LogP) is 5.15. The summed E-state index contributed by atoms with van der Waals surface area (Å²) in [7, 11) is 4.60. The molecular formula is C26H24N2O6. The van der Waals surface area contributed by atoms with Crippen molar-refractivity contribution in [1.82, 2.24) is 9.78 Å². The van der Waals surface area contributed by atoms with Gasteiger partial charge in [0.1, 0.15) is 23.0 Å². The monoisotopic (exact) mass is 460 g/mol. The molecule has 4 aromatic rings. The Morgan fingerprint density at radius 2 is 1.21 bits per heavy atom. The molecule has 3 aromatic carbocycles. The minimum absolute atomic E-state index is 0.0531. The van der Waals surface area contributed by atoms with Crippen LogP contribution >= 0.6 is 0 Å². The second kappa shape index (κ2) is 9.99. The second-order valence-corrected chi connectivity index (χ2v) is 7.28. The van der Waals surface area contributed by atoms with Gasteiger partial charge in [-0.25, -0.2) is 0 Å². The van der Waals surface area contributed by atoms with Crippen LogP contribution in [-0.4, -0.2) is 31.1 Å². The maximum absolute atomic E-state index is 13.6. The van der Waals surface area contributed by atoms with Crippen LogP contribution < -0.4 is 29.2 Å². The van der Waals surface area contributed by atoms with E-state index in [-0.39, 0.29) is 17.4 Å². The molecule has 34 heavy (non-hydrogen) atoms. The van der Waals surface area contributed by atoms with Crippen molar-refractivity contribution in [1.29, 1.82) is 0 Å². The van der Waals surface area contributed by atoms with Gasteiger partial charge in [-0.2, -0.15) is 4.68 Å². The second-order valence-electron chi connectivity index (χ2n) is 7.28. The van der Waals surface area contributed by atoms with E-state index in [4.69, 9.17) is 23.7 Å². The Bertz CT molecular complexity index is 1330. The molecule has 0 unspecified atom stereocenters. The topological polar surface area (TPSA) is 81.0 Å². The van der Waals surface area contributed by atoms with Gasteiger partial charge in [0.15, 0.2) is 0 Å². The van der Waals surface area contributed by atoms with Crippen LogP contribution in [0.15, 0.2) is 77.6 Å². The number of hydrogen-bond donors (Lipinski definition) is 0. The summed E-state index contributed by atoms with van der Waals surface area (Å²) in [4.78, 5) is 13.6. The number of rotatable bonds is 8. The lowest BCUT2D eigenvalue weighted by Crippen LogP contribution is -2.23. The van der Waals surface area contributed by atoms with Gasteiger partial charge in [0.05, 0.1) is 27.0 Å². The highest BCUT2D eigenvalue weighted by Gasteiger charge is 2.24. The zero-order chi connectivity index (χ0) is 24.1. The lowest BCUT2D eigenvalue weighted by atomic mass is 10.2. The largest absolute Gasteiger partial charge is 0.497 e. The quantitative estimate of drug-likeness (QED) is 0.360. The first-order valence-electron chi connectivity index (χ1n) is 10.4. The smallest absolute Gasteiger partial charge is 0.318 e. The van der Waals surface area contributed by atoms with Crippen molar-refractivity contribution in [3.8, 4) is 46.1 Å². The first-order valence-corrected chi connectivity index (χ1v) is 10.4. The van der Waals surface area contributed by atoms with Gasteiger partial charge in [0, 0.05) is 0 Å². The van der Waals surface area contributed by atoms with Gasteiger partial charge < -0.3 is 23.7 Å². The Kier molecular flexibility index (Phi) is 6.68. The van der Waals surface area contributed by atoms with Gasteiger partial charge in [0.2, 0.25) is 11.5 Å². The maximum Gasteiger partial charge on any atom is 0.318 e. The molecule has 0 bridgehead atoms. The first-order chi connectivity index (χ1) is 16.5. The van der Waals surface area contributed by atoms with Crippen LogP contribution in [0.25, 0.3) is 5.69 Å². The Hall–Kier alpha value is -4.46. The van der Waals surface area contributed by atoms with Crippen LogP contribution in [0.3, 0.4) is 0 Å². The highest BCUT2D eigenvalue weighted by atomic mass is 16.5. The van der Waals surface area contributed by atoms with E-state index in [0.29, 0.717) is 28.7 Å².